The first-order valence-corrected chi connectivity index (χ1v) is 4.70. The Morgan fingerprint density at radius 1 is 1.79 bits per heavy atom. The predicted molar refractivity (Wildman–Crippen MR) is 51.5 cm³/mol. The lowest BCUT2D eigenvalue weighted by Gasteiger charge is -2.14. The van der Waals surface area contributed by atoms with E-state index in [0.717, 1.165) is 6.42 Å². The molecule has 1 aliphatic rings. The number of amides is 1. The van der Waals surface area contributed by atoms with Gasteiger partial charge in [0.25, 0.3) is 0 Å². The van der Waals surface area contributed by atoms with E-state index >= 15 is 0 Å². The third-order valence-corrected chi connectivity index (χ3v) is 2.61. The van der Waals surface area contributed by atoms with Crippen LogP contribution in [-0.4, -0.2) is 24.5 Å². The van der Waals surface area contributed by atoms with E-state index in [-0.39, 0.29) is 18.5 Å². The van der Waals surface area contributed by atoms with Crippen molar-refractivity contribution in [3.8, 4) is 0 Å². The number of hydrogen-bond acceptors (Lipinski definition) is 3. The fraction of sp³-hybridized carbons (Fsp3) is 0.600. The Kier molecular flexibility index (Phi) is 3.28. The first-order chi connectivity index (χ1) is 6.71. The van der Waals surface area contributed by atoms with Crippen molar-refractivity contribution in [1.29, 1.82) is 0 Å². The Hall–Kier alpha value is -1.32. The van der Waals surface area contributed by atoms with Gasteiger partial charge in [-0.15, -0.1) is 0 Å². The molecule has 0 aromatic heterocycles. The van der Waals surface area contributed by atoms with Crippen LogP contribution in [0.5, 0.6) is 0 Å². The topological polar surface area (TPSA) is 55.4 Å². The summed E-state index contributed by atoms with van der Waals surface area (Å²) in [5, 5.41) is 2.55. The quantitative estimate of drug-likeness (QED) is 0.386. The van der Waals surface area contributed by atoms with Crippen molar-refractivity contribution >= 4 is 12.4 Å². The van der Waals surface area contributed by atoms with Crippen molar-refractivity contribution in [1.82, 2.24) is 5.32 Å². The summed E-state index contributed by atoms with van der Waals surface area (Å²) in [4.78, 5) is 21.9. The Morgan fingerprint density at radius 2 is 2.50 bits per heavy atom. The summed E-state index contributed by atoms with van der Waals surface area (Å²) >= 11 is 0. The monoisotopic (exact) mass is 197 g/mol. The third-order valence-electron chi connectivity index (χ3n) is 2.61. The zero-order valence-electron chi connectivity index (χ0n) is 8.29. The van der Waals surface area contributed by atoms with Crippen LogP contribution in [0.3, 0.4) is 0 Å². The predicted octanol–water partition coefficient (Wildman–Crippen LogP) is 0.630. The van der Waals surface area contributed by atoms with Gasteiger partial charge in [0.15, 0.2) is 0 Å². The van der Waals surface area contributed by atoms with Crippen LogP contribution < -0.4 is 5.32 Å². The van der Waals surface area contributed by atoms with Crippen molar-refractivity contribution < 1.29 is 14.3 Å². The lowest BCUT2D eigenvalue weighted by Crippen LogP contribution is -2.41. The summed E-state index contributed by atoms with van der Waals surface area (Å²) in [6.45, 7) is 5.63. The highest BCUT2D eigenvalue weighted by molar-refractivity contribution is 5.87. The lowest BCUT2D eigenvalue weighted by molar-refractivity contribution is -0.147. The second-order valence-corrected chi connectivity index (χ2v) is 3.43. The van der Waals surface area contributed by atoms with E-state index in [9.17, 15) is 9.59 Å². The molecule has 0 aromatic carbocycles. The number of carbonyl (C=O) groups excluding carboxylic acids is 2. The maximum Gasteiger partial charge on any atom is 0.332 e. The fourth-order valence-electron chi connectivity index (χ4n) is 1.68. The van der Waals surface area contributed by atoms with Crippen LogP contribution >= 0.6 is 0 Å². The highest BCUT2D eigenvalue weighted by atomic mass is 16.5. The second-order valence-electron chi connectivity index (χ2n) is 3.43. The molecule has 0 bridgehead atoms. The van der Waals surface area contributed by atoms with Crippen LogP contribution in [0.4, 0.5) is 0 Å². The van der Waals surface area contributed by atoms with Crippen LogP contribution in [0.15, 0.2) is 12.7 Å². The van der Waals surface area contributed by atoms with E-state index in [0.29, 0.717) is 12.8 Å². The second kappa shape index (κ2) is 4.26. The molecule has 1 rings (SSSR count). The van der Waals surface area contributed by atoms with Gasteiger partial charge in [0, 0.05) is 0 Å². The Bertz CT molecular complexity index is 252. The maximum atomic E-state index is 11.6. The van der Waals surface area contributed by atoms with Crippen LogP contribution in [0.1, 0.15) is 19.8 Å². The van der Waals surface area contributed by atoms with Crippen molar-refractivity contribution in [3.05, 3.63) is 12.7 Å². The molecule has 14 heavy (non-hydrogen) atoms. The summed E-state index contributed by atoms with van der Waals surface area (Å²) in [5.41, 5.74) is -0.750. The van der Waals surface area contributed by atoms with E-state index in [2.05, 4.69) is 11.9 Å². The SMILES string of the molecule is C=CCOC(=O)C1(NC=O)C[C@@H]1CC. The van der Waals surface area contributed by atoms with E-state index in [1.54, 1.807) is 0 Å². The van der Waals surface area contributed by atoms with E-state index in [1.165, 1.54) is 6.08 Å². The number of ether oxygens (including phenoxy) is 1. The smallest absolute Gasteiger partial charge is 0.332 e. The van der Waals surface area contributed by atoms with Gasteiger partial charge in [-0.05, 0) is 12.3 Å². The molecule has 1 amide bonds. The van der Waals surface area contributed by atoms with Gasteiger partial charge < -0.3 is 10.1 Å². The van der Waals surface area contributed by atoms with Crippen molar-refractivity contribution in [2.24, 2.45) is 5.92 Å². The fourth-order valence-corrected chi connectivity index (χ4v) is 1.68. The van der Waals surface area contributed by atoms with E-state index in [1.807, 2.05) is 6.92 Å². The molecule has 1 N–H and O–H groups in total. The van der Waals surface area contributed by atoms with E-state index in [4.69, 9.17) is 4.74 Å². The van der Waals surface area contributed by atoms with Crippen LogP contribution in [0, 0.1) is 5.92 Å². The summed E-state index contributed by atoms with van der Waals surface area (Å²) in [5.74, 6) is -0.138. The van der Waals surface area contributed by atoms with Gasteiger partial charge in [-0.25, -0.2) is 4.79 Å². The van der Waals surface area contributed by atoms with Crippen molar-refractivity contribution in [2.75, 3.05) is 6.61 Å². The molecule has 0 saturated heterocycles. The first kappa shape index (κ1) is 10.8. The molecule has 1 saturated carbocycles. The highest BCUT2D eigenvalue weighted by Crippen LogP contribution is 2.46. The summed E-state index contributed by atoms with van der Waals surface area (Å²) in [6.07, 6.45) is 3.61. The van der Waals surface area contributed by atoms with Gasteiger partial charge in [-0.1, -0.05) is 26.0 Å². The minimum absolute atomic E-state index is 0.192. The average molecular weight is 197 g/mol. The summed E-state index contributed by atoms with van der Waals surface area (Å²) < 4.78 is 4.92. The van der Waals surface area contributed by atoms with Gasteiger partial charge in [0.05, 0.1) is 0 Å². The molecular formula is C10H15NO3. The molecule has 1 fully saturated rings. The molecule has 78 valence electrons. The van der Waals surface area contributed by atoms with Crippen LogP contribution in [-0.2, 0) is 14.3 Å². The molecule has 2 atom stereocenters. The first-order valence-electron chi connectivity index (χ1n) is 4.70. The minimum Gasteiger partial charge on any atom is -0.460 e. The van der Waals surface area contributed by atoms with Crippen molar-refractivity contribution in [2.45, 2.75) is 25.3 Å². The van der Waals surface area contributed by atoms with Crippen LogP contribution in [0.2, 0.25) is 0 Å². The Labute approximate surface area is 83.3 Å². The lowest BCUT2D eigenvalue weighted by atomic mass is 10.2. The molecule has 0 spiro atoms. The van der Waals surface area contributed by atoms with Crippen molar-refractivity contribution in [3.63, 3.8) is 0 Å². The number of esters is 1. The van der Waals surface area contributed by atoms with Gasteiger partial charge >= 0.3 is 5.97 Å². The minimum atomic E-state index is -0.750. The highest BCUT2D eigenvalue weighted by Gasteiger charge is 2.60. The molecule has 4 heteroatoms. The molecule has 1 aliphatic carbocycles. The Balaban J connectivity index is 2.56. The van der Waals surface area contributed by atoms with Gasteiger partial charge in [-0.2, -0.15) is 0 Å². The third kappa shape index (κ3) is 1.78. The normalized spacial score (nSPS) is 29.1. The zero-order valence-corrected chi connectivity index (χ0v) is 8.29. The zero-order chi connectivity index (χ0) is 10.6. The van der Waals surface area contributed by atoms with Crippen LogP contribution in [0.25, 0.3) is 0 Å². The molecule has 1 unspecified atom stereocenters. The maximum absolute atomic E-state index is 11.6. The summed E-state index contributed by atoms with van der Waals surface area (Å²) in [6, 6.07) is 0. The van der Waals surface area contributed by atoms with Gasteiger partial charge in [0.1, 0.15) is 12.1 Å². The molecule has 0 heterocycles. The number of carbonyl (C=O) groups is 2. The number of hydrogen-bond donors (Lipinski definition) is 1. The molecule has 0 radical (unpaired) electrons. The molecule has 0 aliphatic heterocycles. The average Bonchev–Trinajstić information content (AvgIpc) is 2.90. The molecule has 0 aromatic rings. The largest absolute Gasteiger partial charge is 0.460 e. The van der Waals surface area contributed by atoms with E-state index < -0.39 is 5.54 Å². The molecular weight excluding hydrogens is 182 g/mol. The van der Waals surface area contributed by atoms with Gasteiger partial charge in [0.2, 0.25) is 6.41 Å². The standard InChI is InChI=1S/C10H15NO3/c1-3-5-14-9(13)10(11-7-12)6-8(10)4-2/h3,7-8H,1,4-6H2,2H3,(H,11,12)/t8-,10?/m0/s1. The van der Waals surface area contributed by atoms with Gasteiger partial charge in [-0.3, -0.25) is 4.79 Å². The number of nitrogens with one attached hydrogen (secondary N) is 1. The number of rotatable bonds is 6. The Morgan fingerprint density at radius 3 is 2.93 bits per heavy atom. The molecule has 4 nitrogen and oxygen atoms in total. The summed E-state index contributed by atoms with van der Waals surface area (Å²) in [7, 11) is 0.